The lowest BCUT2D eigenvalue weighted by Crippen LogP contribution is -2.10. The summed E-state index contributed by atoms with van der Waals surface area (Å²) in [5.74, 6) is -0.540. The molecule has 4 aromatic carbocycles. The zero-order valence-electron chi connectivity index (χ0n) is 27.7. The summed E-state index contributed by atoms with van der Waals surface area (Å²) in [5, 5.41) is 1.77. The molecule has 0 aliphatic carbocycles. The van der Waals surface area contributed by atoms with E-state index in [0.29, 0.717) is 35.7 Å². The van der Waals surface area contributed by atoms with Gasteiger partial charge in [-0.3, -0.25) is 0 Å². The molecule has 0 saturated carbocycles. The minimum Gasteiger partial charge on any atom is -0.494 e. The van der Waals surface area contributed by atoms with Crippen molar-refractivity contribution < 1.29 is 47.6 Å². The molecule has 0 unspecified atom stereocenters. The highest BCUT2D eigenvalue weighted by atomic mass is 16.6. The van der Waals surface area contributed by atoms with Crippen molar-refractivity contribution in [3.63, 3.8) is 0 Å². The molecule has 0 bridgehead atoms. The maximum Gasteiger partial charge on any atom is 0.343 e. The highest BCUT2D eigenvalue weighted by Gasteiger charge is 2.15. The van der Waals surface area contributed by atoms with Gasteiger partial charge in [-0.05, 0) is 116 Å². The molecule has 0 amide bonds. The smallest absolute Gasteiger partial charge is 0.343 e. The van der Waals surface area contributed by atoms with E-state index in [1.807, 2.05) is 24.3 Å². The Morgan fingerprint density at radius 2 is 1.33 bits per heavy atom. The Bertz CT molecular complexity index is 1840. The number of unbranched alkanes of at least 4 members (excludes halogenated alkanes) is 3. The summed E-state index contributed by atoms with van der Waals surface area (Å²) in [7, 11) is 2.72. The highest BCUT2D eigenvalue weighted by Crippen LogP contribution is 2.30. The first kappa shape index (κ1) is 35.9. The van der Waals surface area contributed by atoms with Crippen LogP contribution in [0.4, 0.5) is 0 Å². The van der Waals surface area contributed by atoms with Crippen LogP contribution in [0.25, 0.3) is 16.8 Å². The number of hydrogen-bond acceptors (Lipinski definition) is 10. The van der Waals surface area contributed by atoms with Crippen LogP contribution in [-0.2, 0) is 19.1 Å². The van der Waals surface area contributed by atoms with Crippen molar-refractivity contribution in [2.24, 2.45) is 0 Å². The maximum atomic E-state index is 12.9. The summed E-state index contributed by atoms with van der Waals surface area (Å²) in [5.41, 5.74) is 1.66. The molecule has 0 aromatic heterocycles. The van der Waals surface area contributed by atoms with E-state index < -0.39 is 17.9 Å². The van der Waals surface area contributed by atoms with Crippen molar-refractivity contribution >= 4 is 40.7 Å². The van der Waals surface area contributed by atoms with E-state index in [2.05, 4.69) is 11.3 Å². The molecule has 0 fully saturated rings. The zero-order chi connectivity index (χ0) is 35.2. The van der Waals surface area contributed by atoms with Crippen LogP contribution in [0.2, 0.25) is 0 Å². The number of carbonyl (C=O) groups excluding carboxylic acids is 4. The molecule has 0 radical (unpaired) electrons. The molecule has 4 rings (SSSR count). The fourth-order valence-electron chi connectivity index (χ4n) is 4.56. The molecule has 0 N–H and O–H groups in total. The van der Waals surface area contributed by atoms with E-state index in [1.165, 1.54) is 44.6 Å². The molecule has 10 heteroatoms. The molecule has 0 aliphatic heterocycles. The van der Waals surface area contributed by atoms with Gasteiger partial charge in [0, 0.05) is 11.6 Å². The molecule has 254 valence electrons. The monoisotopic (exact) mass is 666 g/mol. The van der Waals surface area contributed by atoms with Crippen molar-refractivity contribution in [2.75, 3.05) is 27.4 Å². The Morgan fingerprint density at radius 1 is 0.673 bits per heavy atom. The molecule has 0 atom stereocenters. The molecule has 0 heterocycles. The van der Waals surface area contributed by atoms with E-state index in [4.69, 9.17) is 23.7 Å². The van der Waals surface area contributed by atoms with Gasteiger partial charge in [-0.2, -0.15) is 0 Å². The second kappa shape index (κ2) is 17.9. The van der Waals surface area contributed by atoms with Crippen LogP contribution in [0.3, 0.4) is 0 Å². The topological polar surface area (TPSA) is 124 Å². The minimum absolute atomic E-state index is 0.195. The maximum absolute atomic E-state index is 12.9. The number of ether oxygens (including phenoxy) is 6. The van der Waals surface area contributed by atoms with Gasteiger partial charge in [-0.15, -0.1) is 0 Å². The van der Waals surface area contributed by atoms with Gasteiger partial charge in [0.15, 0.2) is 11.5 Å². The van der Waals surface area contributed by atoms with Gasteiger partial charge in [0.1, 0.15) is 11.5 Å². The summed E-state index contributed by atoms with van der Waals surface area (Å²) < 4.78 is 32.0. The summed E-state index contributed by atoms with van der Waals surface area (Å²) in [4.78, 5) is 48.4. The van der Waals surface area contributed by atoms with Crippen molar-refractivity contribution in [3.05, 3.63) is 114 Å². The summed E-state index contributed by atoms with van der Waals surface area (Å²) >= 11 is 0. The molecule has 49 heavy (non-hydrogen) atoms. The third kappa shape index (κ3) is 10.8. The van der Waals surface area contributed by atoms with Gasteiger partial charge in [-0.25, -0.2) is 19.2 Å². The van der Waals surface area contributed by atoms with Crippen molar-refractivity contribution in [2.45, 2.75) is 32.6 Å². The van der Waals surface area contributed by atoms with Crippen molar-refractivity contribution in [1.29, 1.82) is 0 Å². The SMILES string of the molecule is C=C(C)C(=O)OCCCCCCOc1ccc2cc(C(=O)Oc3ccc(C(=O)Oc4ccc(C=CC(=O)OC)cc4OC)cc3)ccc2c1. The van der Waals surface area contributed by atoms with Gasteiger partial charge < -0.3 is 28.4 Å². The molecular formula is C39H38O10. The lowest BCUT2D eigenvalue weighted by atomic mass is 10.1. The van der Waals surface area contributed by atoms with Gasteiger partial charge >= 0.3 is 23.9 Å². The van der Waals surface area contributed by atoms with E-state index in [9.17, 15) is 19.2 Å². The number of rotatable bonds is 16. The van der Waals surface area contributed by atoms with Crippen LogP contribution in [0.15, 0.2) is 97.1 Å². The van der Waals surface area contributed by atoms with E-state index in [0.717, 1.165) is 42.2 Å². The van der Waals surface area contributed by atoms with Crippen LogP contribution in [-0.4, -0.2) is 51.3 Å². The Balaban J connectivity index is 1.26. The predicted octanol–water partition coefficient (Wildman–Crippen LogP) is 7.53. The standard InChI is InChI=1S/C39H38O10/c1-26(2)37(41)47-22-8-6-5-7-21-46-33-18-15-29-24-31(12-11-30(29)25-33)39(43)48-32-16-13-28(14-17-32)38(42)49-34-19-9-27(23-35(34)44-3)10-20-36(40)45-4/h9-20,23-25H,1,5-8,21-22H2,2-4H3. The zero-order valence-corrected chi connectivity index (χ0v) is 27.7. The number of carbonyl (C=O) groups is 4. The van der Waals surface area contributed by atoms with Crippen molar-refractivity contribution in [1.82, 2.24) is 0 Å². The Morgan fingerprint density at radius 3 is 2.04 bits per heavy atom. The fourth-order valence-corrected chi connectivity index (χ4v) is 4.56. The highest BCUT2D eigenvalue weighted by molar-refractivity contribution is 5.97. The molecule has 4 aromatic rings. The average Bonchev–Trinajstić information content (AvgIpc) is 3.11. The second-order valence-corrected chi connectivity index (χ2v) is 11.0. The van der Waals surface area contributed by atoms with E-state index in [1.54, 1.807) is 43.3 Å². The van der Waals surface area contributed by atoms with Gasteiger partial charge in [0.25, 0.3) is 0 Å². The second-order valence-electron chi connectivity index (χ2n) is 11.0. The van der Waals surface area contributed by atoms with Gasteiger partial charge in [0.2, 0.25) is 0 Å². The summed E-state index contributed by atoms with van der Waals surface area (Å²) in [6, 6.07) is 21.8. The van der Waals surface area contributed by atoms with Crippen LogP contribution in [0.1, 0.15) is 58.9 Å². The fraction of sp³-hybridized carbons (Fsp3) is 0.231. The molecular weight excluding hydrogens is 628 g/mol. The number of esters is 4. The molecule has 0 saturated heterocycles. The van der Waals surface area contributed by atoms with Crippen LogP contribution in [0.5, 0.6) is 23.0 Å². The Hall–Kier alpha value is -5.90. The first-order valence-electron chi connectivity index (χ1n) is 15.6. The first-order valence-corrected chi connectivity index (χ1v) is 15.6. The number of methoxy groups -OCH3 is 2. The molecule has 0 aliphatic rings. The normalized spacial score (nSPS) is 10.8. The summed E-state index contributed by atoms with van der Waals surface area (Å²) in [6.07, 6.45) is 6.38. The molecule has 0 spiro atoms. The molecule has 10 nitrogen and oxygen atoms in total. The lowest BCUT2D eigenvalue weighted by Gasteiger charge is -2.11. The average molecular weight is 667 g/mol. The Labute approximate surface area is 284 Å². The van der Waals surface area contributed by atoms with Gasteiger partial charge in [-0.1, -0.05) is 24.8 Å². The number of benzene rings is 4. The third-order valence-corrected chi connectivity index (χ3v) is 7.24. The van der Waals surface area contributed by atoms with E-state index in [-0.39, 0.29) is 23.0 Å². The quantitative estimate of drug-likeness (QED) is 0.0513. The number of fused-ring (bicyclic) bond motifs is 1. The van der Waals surface area contributed by atoms with Crippen LogP contribution < -0.4 is 18.9 Å². The van der Waals surface area contributed by atoms with Crippen molar-refractivity contribution in [3.8, 4) is 23.0 Å². The van der Waals surface area contributed by atoms with Crippen LogP contribution in [0, 0.1) is 0 Å². The first-order chi connectivity index (χ1) is 23.7. The minimum atomic E-state index is -0.634. The van der Waals surface area contributed by atoms with Crippen LogP contribution >= 0.6 is 0 Å². The van der Waals surface area contributed by atoms with Gasteiger partial charge in [0.05, 0.1) is 38.6 Å². The predicted molar refractivity (Wildman–Crippen MR) is 184 cm³/mol. The third-order valence-electron chi connectivity index (χ3n) is 7.24. The summed E-state index contributed by atoms with van der Waals surface area (Å²) in [6.45, 7) is 6.15. The largest absolute Gasteiger partial charge is 0.494 e. The number of hydrogen-bond donors (Lipinski definition) is 0. The van der Waals surface area contributed by atoms with E-state index >= 15 is 0 Å². The lowest BCUT2D eigenvalue weighted by molar-refractivity contribution is -0.139. The Kier molecular flexibility index (Phi) is 13.1.